The van der Waals surface area contributed by atoms with Gasteiger partial charge in [0.05, 0.1) is 38.1 Å². The van der Waals surface area contributed by atoms with Crippen molar-refractivity contribution in [1.29, 1.82) is 0 Å². The van der Waals surface area contributed by atoms with Gasteiger partial charge >= 0.3 is 12.0 Å². The van der Waals surface area contributed by atoms with Gasteiger partial charge in [0.1, 0.15) is 0 Å². The van der Waals surface area contributed by atoms with Crippen molar-refractivity contribution in [3.8, 4) is 0 Å². The zero-order valence-corrected chi connectivity index (χ0v) is 35.0. The molecule has 1 aromatic carbocycles. The molecule has 0 aromatic heterocycles. The zero-order valence-electron chi connectivity index (χ0n) is 35.0. The molecule has 1 heterocycles. The second kappa shape index (κ2) is 15.2. The number of carbonyl (C=O) groups is 2. The van der Waals surface area contributed by atoms with Crippen molar-refractivity contribution in [3.05, 3.63) is 53.6 Å². The van der Waals surface area contributed by atoms with Crippen LogP contribution in [-0.2, 0) is 14.2 Å². The maximum atomic E-state index is 14.2. The molecule has 6 aliphatic rings. The van der Waals surface area contributed by atoms with Gasteiger partial charge in [-0.1, -0.05) is 65.0 Å². The first-order valence-corrected chi connectivity index (χ1v) is 21.6. The summed E-state index contributed by atoms with van der Waals surface area (Å²) >= 11 is 0. The van der Waals surface area contributed by atoms with Crippen LogP contribution in [0.15, 0.2) is 42.5 Å². The number of carboxylic acid groups (broad SMARTS) is 1. The Balaban J connectivity index is 1.08. The number of hydrogen-bond donors (Lipinski definition) is 2. The van der Waals surface area contributed by atoms with E-state index in [4.69, 9.17) is 14.2 Å². The molecule has 4 saturated carbocycles. The molecule has 7 rings (SSSR count). The molecule has 1 saturated heterocycles. The molecule has 8 nitrogen and oxygen atoms in total. The lowest BCUT2D eigenvalue weighted by molar-refractivity contribution is -0.218. The number of hydrogen-bond acceptors (Lipinski definition) is 5. The van der Waals surface area contributed by atoms with Gasteiger partial charge in [-0.15, -0.1) is 0 Å². The van der Waals surface area contributed by atoms with Crippen molar-refractivity contribution in [2.75, 3.05) is 46.6 Å². The van der Waals surface area contributed by atoms with Crippen molar-refractivity contribution in [3.63, 3.8) is 0 Å². The van der Waals surface area contributed by atoms with Gasteiger partial charge in [-0.25, -0.2) is 9.59 Å². The molecular weight excluding hydrogens is 689 g/mol. The van der Waals surface area contributed by atoms with Crippen LogP contribution in [0.5, 0.6) is 0 Å². The minimum atomic E-state index is -0.875. The van der Waals surface area contributed by atoms with Crippen LogP contribution in [0.4, 0.5) is 4.79 Å². The van der Waals surface area contributed by atoms with Gasteiger partial charge in [0, 0.05) is 25.7 Å². The standard InChI is InChI=1S/C47H70N2O6/c1-31(2)35-15-22-47(48-42(52)49-25-18-34(19-26-49)55-30-29-54-28-27-53-8)24-23-45(6)37(40(35)47)13-14-39-44(5)20-16-36(32-9-11-33(12-10-32)41(50)51)43(3,4)38(44)17-21-46(39,45)7/h9-12,16,34-35,37-40H,1,13-15,17-30H2,2-8H3,(H,48,52)(H,50,51)/t35-,37+,38-,39?,40?,44-,45+,46+,47?/m0/s1. The van der Waals surface area contributed by atoms with E-state index in [0.29, 0.717) is 61.6 Å². The first kappa shape index (κ1) is 40.5. The Morgan fingerprint density at radius 1 is 0.855 bits per heavy atom. The van der Waals surface area contributed by atoms with Crippen LogP contribution in [0.1, 0.15) is 128 Å². The Kier molecular flexibility index (Phi) is 11.2. The van der Waals surface area contributed by atoms with Crippen molar-refractivity contribution < 1.29 is 28.9 Å². The molecule has 8 heteroatoms. The van der Waals surface area contributed by atoms with E-state index < -0.39 is 5.97 Å². The van der Waals surface area contributed by atoms with E-state index >= 15 is 0 Å². The molecule has 55 heavy (non-hydrogen) atoms. The lowest BCUT2D eigenvalue weighted by atomic mass is 9.33. The van der Waals surface area contributed by atoms with Crippen LogP contribution in [0.3, 0.4) is 0 Å². The largest absolute Gasteiger partial charge is 0.478 e. The number of ether oxygens (including phenoxy) is 3. The second-order valence-corrected chi connectivity index (χ2v) is 19.9. The minimum absolute atomic E-state index is 0.0155. The molecule has 2 N–H and O–H groups in total. The van der Waals surface area contributed by atoms with Gasteiger partial charge < -0.3 is 29.5 Å². The number of amides is 2. The van der Waals surface area contributed by atoms with Crippen molar-refractivity contribution in [2.24, 2.45) is 51.2 Å². The van der Waals surface area contributed by atoms with E-state index in [9.17, 15) is 14.7 Å². The number of rotatable bonds is 11. The summed E-state index contributed by atoms with van der Waals surface area (Å²) in [6.45, 7) is 23.5. The normalized spacial score (nSPS) is 38.2. The first-order valence-electron chi connectivity index (χ1n) is 21.6. The highest BCUT2D eigenvalue weighted by Crippen LogP contribution is 2.76. The van der Waals surface area contributed by atoms with Gasteiger partial charge in [0.25, 0.3) is 0 Å². The molecule has 2 amide bonds. The van der Waals surface area contributed by atoms with Gasteiger partial charge in [0.15, 0.2) is 0 Å². The number of likely N-dealkylation sites (tertiary alicyclic amines) is 1. The second-order valence-electron chi connectivity index (χ2n) is 19.9. The van der Waals surface area contributed by atoms with Crippen LogP contribution in [-0.4, -0.2) is 80.3 Å². The first-order chi connectivity index (χ1) is 26.1. The fourth-order valence-corrected chi connectivity index (χ4v) is 14.3. The lowest BCUT2D eigenvalue weighted by Crippen LogP contribution is -2.69. The van der Waals surface area contributed by atoms with Gasteiger partial charge in [-0.05, 0) is 152 Å². The summed E-state index contributed by atoms with van der Waals surface area (Å²) < 4.78 is 16.7. The zero-order chi connectivity index (χ0) is 39.4. The van der Waals surface area contributed by atoms with Crippen LogP contribution >= 0.6 is 0 Å². The number of methoxy groups -OCH3 is 1. The molecule has 1 aliphatic heterocycles. The third kappa shape index (κ3) is 6.82. The number of piperidine rings is 1. The summed E-state index contributed by atoms with van der Waals surface area (Å²) in [4.78, 5) is 27.8. The van der Waals surface area contributed by atoms with Gasteiger partial charge in [0.2, 0.25) is 0 Å². The van der Waals surface area contributed by atoms with Crippen LogP contribution in [0, 0.1) is 51.2 Å². The van der Waals surface area contributed by atoms with Crippen molar-refractivity contribution >= 4 is 17.6 Å². The van der Waals surface area contributed by atoms with E-state index in [-0.39, 0.29) is 39.3 Å². The lowest BCUT2D eigenvalue weighted by Gasteiger charge is -2.72. The summed E-state index contributed by atoms with van der Waals surface area (Å²) in [5, 5.41) is 13.3. The van der Waals surface area contributed by atoms with Crippen LogP contribution < -0.4 is 5.32 Å². The molecular formula is C47H70N2O6. The number of urea groups is 1. The van der Waals surface area contributed by atoms with Gasteiger partial charge in [-0.2, -0.15) is 0 Å². The number of carbonyl (C=O) groups excluding carboxylic acids is 1. The van der Waals surface area contributed by atoms with E-state index in [1.165, 1.54) is 36.8 Å². The number of nitrogens with zero attached hydrogens (tertiary/aromatic N) is 1. The Bertz CT molecular complexity index is 1630. The summed E-state index contributed by atoms with van der Waals surface area (Å²) in [6, 6.07) is 7.68. The number of allylic oxidation sites excluding steroid dienone is 3. The molecule has 1 aromatic rings. The fourth-order valence-electron chi connectivity index (χ4n) is 14.3. The van der Waals surface area contributed by atoms with E-state index in [1.807, 2.05) is 12.1 Å². The monoisotopic (exact) mass is 759 g/mol. The summed E-state index contributed by atoms with van der Waals surface area (Å²) in [5.41, 5.74) is 4.57. The summed E-state index contributed by atoms with van der Waals surface area (Å²) in [5.74, 6) is 1.70. The average Bonchev–Trinajstić information content (AvgIpc) is 3.53. The Morgan fingerprint density at radius 3 is 2.24 bits per heavy atom. The highest BCUT2D eigenvalue weighted by Gasteiger charge is 2.70. The Hall–Kier alpha value is -2.68. The van der Waals surface area contributed by atoms with Crippen molar-refractivity contribution in [2.45, 2.75) is 124 Å². The highest BCUT2D eigenvalue weighted by atomic mass is 16.5. The third-order valence-corrected chi connectivity index (χ3v) is 17.2. The number of benzene rings is 1. The quantitative estimate of drug-likeness (QED) is 0.172. The van der Waals surface area contributed by atoms with Gasteiger partial charge in [-0.3, -0.25) is 0 Å². The van der Waals surface area contributed by atoms with E-state index in [0.717, 1.165) is 63.6 Å². The topological polar surface area (TPSA) is 97.3 Å². The SMILES string of the molecule is C=C(C)[C@@H]1CCC2(NC(=O)N3CCC(OCCOCCOC)CC3)CC[C@]3(C)[C@H](CCC4[C@@]5(C)CC=C(c6ccc(C(=O)O)cc6)C(C)(C)[C@@H]5CC[C@]43C)C12. The summed E-state index contributed by atoms with van der Waals surface area (Å²) in [6.07, 6.45) is 14.8. The maximum Gasteiger partial charge on any atom is 0.335 e. The molecule has 0 bridgehead atoms. The molecule has 304 valence electrons. The number of fused-ring (bicyclic) bond motifs is 7. The average molecular weight is 759 g/mol. The Morgan fingerprint density at radius 2 is 1.56 bits per heavy atom. The van der Waals surface area contributed by atoms with E-state index in [2.05, 4.69) is 64.4 Å². The third-order valence-electron chi connectivity index (χ3n) is 17.2. The predicted molar refractivity (Wildman–Crippen MR) is 218 cm³/mol. The van der Waals surface area contributed by atoms with Crippen molar-refractivity contribution in [1.82, 2.24) is 10.2 Å². The number of nitrogens with one attached hydrogen (secondary N) is 1. The van der Waals surface area contributed by atoms with Crippen LogP contribution in [0.25, 0.3) is 5.57 Å². The fraction of sp³-hybridized carbons (Fsp3) is 0.745. The maximum absolute atomic E-state index is 14.2. The van der Waals surface area contributed by atoms with Crippen LogP contribution in [0.2, 0.25) is 0 Å². The highest BCUT2D eigenvalue weighted by molar-refractivity contribution is 5.88. The molecule has 0 spiro atoms. The number of carboxylic acids is 1. The molecule has 3 unspecified atom stereocenters. The smallest absolute Gasteiger partial charge is 0.335 e. The molecule has 5 aliphatic carbocycles. The summed E-state index contributed by atoms with van der Waals surface area (Å²) in [7, 11) is 1.68. The Labute approximate surface area is 331 Å². The van der Waals surface area contributed by atoms with E-state index in [1.54, 1.807) is 19.2 Å². The number of aromatic carboxylic acids is 1. The predicted octanol–water partition coefficient (Wildman–Crippen LogP) is 9.64. The molecule has 9 atom stereocenters. The molecule has 5 fully saturated rings. The molecule has 0 radical (unpaired) electrons. The minimum Gasteiger partial charge on any atom is -0.478 e.